The lowest BCUT2D eigenvalue weighted by molar-refractivity contribution is 1.21. The molecular formula is C44H26N8. The third-order valence-corrected chi connectivity index (χ3v) is 7.85. The topological polar surface area (TPSA) is 103 Å². The van der Waals surface area contributed by atoms with Gasteiger partial charge in [-0.1, -0.05) is 47.9 Å². The minimum Gasteiger partial charge on any atom is -0.255 e. The van der Waals surface area contributed by atoms with Gasteiger partial charge in [0.1, 0.15) is 0 Å². The summed E-state index contributed by atoms with van der Waals surface area (Å²) in [5.41, 5.74) is 10.6. The van der Waals surface area contributed by atoms with Gasteiger partial charge in [-0.2, -0.15) is 0 Å². The van der Waals surface area contributed by atoms with Gasteiger partial charge in [-0.15, -0.1) is 0 Å². The van der Waals surface area contributed by atoms with Crippen LogP contribution in [0.1, 0.15) is 22.3 Å². The van der Waals surface area contributed by atoms with Gasteiger partial charge in [0.05, 0.1) is 56.9 Å². The van der Waals surface area contributed by atoms with Crippen molar-refractivity contribution in [1.82, 2.24) is 39.9 Å². The van der Waals surface area contributed by atoms with Crippen LogP contribution in [0.3, 0.4) is 0 Å². The third-order valence-electron chi connectivity index (χ3n) is 7.85. The maximum absolute atomic E-state index is 4.81. The molecule has 0 saturated heterocycles. The summed E-state index contributed by atoms with van der Waals surface area (Å²) in [7, 11) is 0. The lowest BCUT2D eigenvalue weighted by atomic mass is 10.1. The molecule has 0 amide bonds. The summed E-state index contributed by atoms with van der Waals surface area (Å²) in [6.45, 7) is 0. The molecule has 8 aromatic rings. The summed E-state index contributed by atoms with van der Waals surface area (Å²) in [6.07, 6.45) is 10.5. The molecule has 8 rings (SSSR count). The Kier molecular flexibility index (Phi) is 9.01. The van der Waals surface area contributed by atoms with Crippen LogP contribution in [-0.2, 0) is 0 Å². The van der Waals surface area contributed by atoms with Gasteiger partial charge in [0, 0.05) is 59.4 Å². The average molecular weight is 667 g/mol. The van der Waals surface area contributed by atoms with E-state index in [2.05, 4.69) is 53.6 Å². The maximum atomic E-state index is 4.81. The van der Waals surface area contributed by atoms with Gasteiger partial charge in [-0.25, -0.2) is 9.97 Å². The van der Waals surface area contributed by atoms with Crippen molar-refractivity contribution in [2.75, 3.05) is 0 Å². The van der Waals surface area contributed by atoms with Crippen LogP contribution in [0.15, 0.2) is 159 Å². The lowest BCUT2D eigenvalue weighted by Crippen LogP contribution is -1.94. The van der Waals surface area contributed by atoms with E-state index in [1.807, 2.05) is 121 Å². The number of pyridine rings is 8. The van der Waals surface area contributed by atoms with Crippen molar-refractivity contribution in [3.8, 4) is 80.6 Å². The molecule has 0 saturated carbocycles. The van der Waals surface area contributed by atoms with Gasteiger partial charge < -0.3 is 0 Å². The van der Waals surface area contributed by atoms with Crippen LogP contribution in [-0.4, -0.2) is 39.9 Å². The minimum absolute atomic E-state index is 0.727. The van der Waals surface area contributed by atoms with Gasteiger partial charge in [0.15, 0.2) is 0 Å². The van der Waals surface area contributed by atoms with Crippen LogP contribution in [0.4, 0.5) is 0 Å². The average Bonchev–Trinajstić information content (AvgIpc) is 3.23. The summed E-state index contributed by atoms with van der Waals surface area (Å²) >= 11 is 0. The molecule has 0 aliphatic carbocycles. The number of hydrogen-bond acceptors (Lipinski definition) is 8. The summed E-state index contributed by atoms with van der Waals surface area (Å²) in [4.78, 5) is 36.8. The Labute approximate surface area is 300 Å². The quantitative estimate of drug-likeness (QED) is 0.170. The Hall–Kier alpha value is -7.68. The zero-order valence-corrected chi connectivity index (χ0v) is 27.6. The fraction of sp³-hybridized carbons (Fsp3) is 0. The van der Waals surface area contributed by atoms with E-state index in [0.717, 1.165) is 79.2 Å². The van der Waals surface area contributed by atoms with E-state index in [9.17, 15) is 0 Å². The molecule has 0 spiro atoms. The molecule has 242 valence electrons. The fourth-order valence-corrected chi connectivity index (χ4v) is 5.31. The van der Waals surface area contributed by atoms with Crippen LogP contribution in [0.5, 0.6) is 0 Å². The zero-order valence-electron chi connectivity index (χ0n) is 27.6. The smallest absolute Gasteiger partial charge is 0.0906 e. The number of rotatable bonds is 5. The molecule has 0 bridgehead atoms. The maximum Gasteiger partial charge on any atom is 0.0906 e. The number of aromatic nitrogens is 8. The Morgan fingerprint density at radius 2 is 0.577 bits per heavy atom. The van der Waals surface area contributed by atoms with Crippen molar-refractivity contribution in [2.24, 2.45) is 0 Å². The van der Waals surface area contributed by atoms with E-state index in [-0.39, 0.29) is 0 Å². The second-order valence-corrected chi connectivity index (χ2v) is 11.5. The van der Waals surface area contributed by atoms with Crippen molar-refractivity contribution >= 4 is 0 Å². The molecule has 0 aliphatic rings. The van der Waals surface area contributed by atoms with E-state index < -0.39 is 0 Å². The molecule has 52 heavy (non-hydrogen) atoms. The predicted molar refractivity (Wildman–Crippen MR) is 201 cm³/mol. The predicted octanol–water partition coefficient (Wildman–Crippen LogP) is 7.98. The second kappa shape index (κ2) is 14.8. The van der Waals surface area contributed by atoms with E-state index in [0.29, 0.717) is 0 Å². The molecule has 8 heteroatoms. The number of hydrogen-bond donors (Lipinski definition) is 0. The number of nitrogens with zero attached hydrogens (tertiary/aromatic N) is 8. The van der Waals surface area contributed by atoms with Gasteiger partial charge in [-0.3, -0.25) is 29.9 Å². The SMILES string of the molecule is C(#Cc1cc(-c2ccccn2)nc(-c2ccccn2)c1)c1ccc(-c2ccc(C#Cc3cc(-c4ccccn4)nc(-c4ccccn4)c3)cn2)nc1. The fourth-order valence-electron chi connectivity index (χ4n) is 5.31. The highest BCUT2D eigenvalue weighted by atomic mass is 14.8. The Morgan fingerprint density at radius 1 is 0.269 bits per heavy atom. The standard InChI is InChI=1S/C44H26N8/c1-5-21-45-35(9-1)41-25-33(26-42(51-41)36-10-2-6-22-46-36)15-13-31-17-19-39(49-29-31)40-20-18-32(30-50-40)14-16-34-27-43(37-11-3-7-23-47-37)52-44(28-34)38-12-4-8-24-48-38/h1-12,17-30H. The van der Waals surface area contributed by atoms with Crippen molar-refractivity contribution in [2.45, 2.75) is 0 Å². The summed E-state index contributed by atoms with van der Waals surface area (Å²) in [6, 6.07) is 38.4. The van der Waals surface area contributed by atoms with E-state index >= 15 is 0 Å². The van der Waals surface area contributed by atoms with Crippen molar-refractivity contribution in [3.05, 3.63) is 181 Å². The Balaban J connectivity index is 1.02. The van der Waals surface area contributed by atoms with Crippen LogP contribution < -0.4 is 0 Å². The first-order valence-corrected chi connectivity index (χ1v) is 16.4. The first-order valence-electron chi connectivity index (χ1n) is 16.4. The van der Waals surface area contributed by atoms with Gasteiger partial charge in [0.25, 0.3) is 0 Å². The lowest BCUT2D eigenvalue weighted by Gasteiger charge is -2.06. The Bertz CT molecular complexity index is 2290. The molecule has 0 unspecified atom stereocenters. The third kappa shape index (κ3) is 7.47. The summed E-state index contributed by atoms with van der Waals surface area (Å²) in [5, 5.41) is 0. The monoisotopic (exact) mass is 666 g/mol. The normalized spacial score (nSPS) is 10.4. The van der Waals surface area contributed by atoms with Gasteiger partial charge in [-0.05, 0) is 97.1 Å². The molecule has 0 fully saturated rings. The minimum atomic E-state index is 0.727. The van der Waals surface area contributed by atoms with E-state index in [4.69, 9.17) is 9.97 Å². The Morgan fingerprint density at radius 3 is 0.846 bits per heavy atom. The van der Waals surface area contributed by atoms with E-state index in [1.165, 1.54) is 0 Å². The molecular weight excluding hydrogens is 641 g/mol. The van der Waals surface area contributed by atoms with Crippen LogP contribution in [0.2, 0.25) is 0 Å². The molecule has 0 atom stereocenters. The van der Waals surface area contributed by atoms with Crippen molar-refractivity contribution in [1.29, 1.82) is 0 Å². The van der Waals surface area contributed by atoms with Crippen LogP contribution >= 0.6 is 0 Å². The van der Waals surface area contributed by atoms with Crippen LogP contribution in [0, 0.1) is 23.7 Å². The zero-order chi connectivity index (χ0) is 35.0. The van der Waals surface area contributed by atoms with Gasteiger partial charge >= 0.3 is 0 Å². The first kappa shape index (κ1) is 31.6. The molecule has 8 aromatic heterocycles. The molecule has 8 heterocycles. The van der Waals surface area contributed by atoms with Crippen LogP contribution in [0.25, 0.3) is 56.9 Å². The second-order valence-electron chi connectivity index (χ2n) is 11.5. The van der Waals surface area contributed by atoms with Gasteiger partial charge in [0.2, 0.25) is 0 Å². The molecule has 8 nitrogen and oxygen atoms in total. The molecule has 0 aromatic carbocycles. The van der Waals surface area contributed by atoms with E-state index in [1.54, 1.807) is 37.2 Å². The summed E-state index contributed by atoms with van der Waals surface area (Å²) in [5.74, 6) is 13.0. The highest BCUT2D eigenvalue weighted by Gasteiger charge is 2.10. The van der Waals surface area contributed by atoms with Crippen molar-refractivity contribution < 1.29 is 0 Å². The molecule has 0 aliphatic heterocycles. The first-order chi connectivity index (χ1) is 25.7. The highest BCUT2D eigenvalue weighted by molar-refractivity contribution is 5.67. The summed E-state index contributed by atoms with van der Waals surface area (Å²) < 4.78 is 0. The largest absolute Gasteiger partial charge is 0.255 e. The molecule has 0 N–H and O–H groups in total. The van der Waals surface area contributed by atoms with Crippen molar-refractivity contribution in [3.63, 3.8) is 0 Å². The molecule has 0 radical (unpaired) electrons. The highest BCUT2D eigenvalue weighted by Crippen LogP contribution is 2.24.